The Balaban J connectivity index is 1.93. The standard InChI is InChI=1S/C10H21NO2/c1-13-8-3-2-7-11-9-5-4-6-10(9)12/h9-12H,2-8H2,1H3/t9-,10-/m1/s1. The molecule has 0 radical (unpaired) electrons. The van der Waals surface area contributed by atoms with Gasteiger partial charge in [0, 0.05) is 19.8 Å². The lowest BCUT2D eigenvalue weighted by Gasteiger charge is -2.15. The van der Waals surface area contributed by atoms with Gasteiger partial charge in [0.2, 0.25) is 0 Å². The zero-order valence-corrected chi connectivity index (χ0v) is 8.46. The van der Waals surface area contributed by atoms with E-state index in [2.05, 4.69) is 5.32 Å². The molecule has 0 aromatic rings. The predicted octanol–water partition coefficient (Wildman–Crippen LogP) is 0.916. The molecular formula is C10H21NO2. The number of ether oxygens (including phenoxy) is 1. The van der Waals surface area contributed by atoms with E-state index in [9.17, 15) is 5.11 Å². The van der Waals surface area contributed by atoms with E-state index in [1.165, 1.54) is 0 Å². The van der Waals surface area contributed by atoms with E-state index >= 15 is 0 Å². The molecule has 2 N–H and O–H groups in total. The molecule has 0 unspecified atom stereocenters. The fourth-order valence-corrected chi connectivity index (χ4v) is 1.84. The fourth-order valence-electron chi connectivity index (χ4n) is 1.84. The van der Waals surface area contributed by atoms with Crippen LogP contribution in [0.1, 0.15) is 32.1 Å². The first-order chi connectivity index (χ1) is 6.34. The van der Waals surface area contributed by atoms with E-state index in [0.717, 1.165) is 45.3 Å². The lowest BCUT2D eigenvalue weighted by atomic mass is 10.2. The highest BCUT2D eigenvalue weighted by Crippen LogP contribution is 2.18. The van der Waals surface area contributed by atoms with Crippen LogP contribution in [0.4, 0.5) is 0 Å². The van der Waals surface area contributed by atoms with Gasteiger partial charge in [-0.3, -0.25) is 0 Å². The van der Waals surface area contributed by atoms with E-state index in [0.29, 0.717) is 6.04 Å². The molecule has 0 aliphatic heterocycles. The number of aliphatic hydroxyl groups excluding tert-OH is 1. The molecule has 13 heavy (non-hydrogen) atoms. The second-order valence-corrected chi connectivity index (χ2v) is 3.76. The van der Waals surface area contributed by atoms with Gasteiger partial charge in [-0.15, -0.1) is 0 Å². The maximum atomic E-state index is 9.50. The second-order valence-electron chi connectivity index (χ2n) is 3.76. The molecule has 3 nitrogen and oxygen atoms in total. The Kier molecular flexibility index (Phi) is 5.35. The summed E-state index contributed by atoms with van der Waals surface area (Å²) >= 11 is 0. The molecule has 0 saturated heterocycles. The zero-order valence-electron chi connectivity index (χ0n) is 8.46. The van der Waals surface area contributed by atoms with Crippen LogP contribution in [-0.2, 0) is 4.74 Å². The second kappa shape index (κ2) is 6.35. The van der Waals surface area contributed by atoms with Gasteiger partial charge >= 0.3 is 0 Å². The minimum atomic E-state index is -0.109. The smallest absolute Gasteiger partial charge is 0.0693 e. The monoisotopic (exact) mass is 187 g/mol. The van der Waals surface area contributed by atoms with Crippen molar-refractivity contribution in [1.29, 1.82) is 0 Å². The lowest BCUT2D eigenvalue weighted by molar-refractivity contribution is 0.148. The third-order valence-electron chi connectivity index (χ3n) is 2.66. The van der Waals surface area contributed by atoms with E-state index in [4.69, 9.17) is 4.74 Å². The minimum Gasteiger partial charge on any atom is -0.392 e. The molecule has 1 fully saturated rings. The Bertz CT molecular complexity index is 130. The third-order valence-corrected chi connectivity index (χ3v) is 2.66. The summed E-state index contributed by atoms with van der Waals surface area (Å²) in [5.41, 5.74) is 0. The lowest BCUT2D eigenvalue weighted by Crippen LogP contribution is -2.36. The molecule has 78 valence electrons. The Morgan fingerprint density at radius 3 is 2.85 bits per heavy atom. The van der Waals surface area contributed by atoms with Crippen molar-refractivity contribution < 1.29 is 9.84 Å². The third kappa shape index (κ3) is 4.07. The molecule has 0 heterocycles. The summed E-state index contributed by atoms with van der Waals surface area (Å²) in [7, 11) is 1.73. The van der Waals surface area contributed by atoms with Crippen LogP contribution in [0.5, 0.6) is 0 Å². The number of hydrogen-bond acceptors (Lipinski definition) is 3. The summed E-state index contributed by atoms with van der Waals surface area (Å²) in [5, 5.41) is 12.9. The van der Waals surface area contributed by atoms with Crippen LogP contribution in [0, 0.1) is 0 Å². The Morgan fingerprint density at radius 2 is 2.23 bits per heavy atom. The first kappa shape index (κ1) is 11.0. The van der Waals surface area contributed by atoms with Crippen molar-refractivity contribution in [3.63, 3.8) is 0 Å². The number of nitrogens with one attached hydrogen (secondary N) is 1. The van der Waals surface area contributed by atoms with Gasteiger partial charge in [0.25, 0.3) is 0 Å². The summed E-state index contributed by atoms with van der Waals surface area (Å²) in [6, 6.07) is 0.350. The number of hydrogen-bond donors (Lipinski definition) is 2. The van der Waals surface area contributed by atoms with Crippen molar-refractivity contribution in [1.82, 2.24) is 5.32 Å². The molecule has 1 saturated carbocycles. The maximum Gasteiger partial charge on any atom is 0.0693 e. The van der Waals surface area contributed by atoms with Crippen LogP contribution in [0.25, 0.3) is 0 Å². The molecule has 3 heteroatoms. The predicted molar refractivity (Wildman–Crippen MR) is 52.8 cm³/mol. The Hall–Kier alpha value is -0.120. The SMILES string of the molecule is COCCCCN[C@@H]1CCC[C@H]1O. The molecule has 0 aromatic heterocycles. The van der Waals surface area contributed by atoms with Gasteiger partial charge in [-0.2, -0.15) is 0 Å². The molecule has 1 aliphatic rings. The number of unbranched alkanes of at least 4 members (excludes halogenated alkanes) is 1. The van der Waals surface area contributed by atoms with Crippen LogP contribution in [0.2, 0.25) is 0 Å². The van der Waals surface area contributed by atoms with Crippen molar-refractivity contribution in [2.75, 3.05) is 20.3 Å². The number of aliphatic hydroxyl groups is 1. The highest BCUT2D eigenvalue weighted by Gasteiger charge is 2.23. The molecular weight excluding hydrogens is 166 g/mol. The van der Waals surface area contributed by atoms with Crippen molar-refractivity contribution in [3.8, 4) is 0 Å². The number of rotatable bonds is 6. The van der Waals surface area contributed by atoms with Gasteiger partial charge < -0.3 is 15.2 Å². The minimum absolute atomic E-state index is 0.109. The van der Waals surface area contributed by atoms with Crippen LogP contribution >= 0.6 is 0 Å². The molecule has 0 amide bonds. The summed E-state index contributed by atoms with van der Waals surface area (Å²) in [5.74, 6) is 0. The first-order valence-corrected chi connectivity index (χ1v) is 5.25. The number of methoxy groups -OCH3 is 1. The zero-order chi connectivity index (χ0) is 9.52. The fraction of sp³-hybridized carbons (Fsp3) is 1.00. The molecule has 0 aromatic carbocycles. The van der Waals surface area contributed by atoms with Gasteiger partial charge in [0.05, 0.1) is 6.10 Å². The van der Waals surface area contributed by atoms with Gasteiger partial charge in [0.1, 0.15) is 0 Å². The average Bonchev–Trinajstić information content (AvgIpc) is 2.52. The maximum absolute atomic E-state index is 9.50. The van der Waals surface area contributed by atoms with E-state index in [-0.39, 0.29) is 6.10 Å². The van der Waals surface area contributed by atoms with Crippen molar-refractivity contribution in [2.24, 2.45) is 0 Å². The molecule has 1 rings (SSSR count). The summed E-state index contributed by atoms with van der Waals surface area (Å²) in [6.45, 7) is 1.85. The highest BCUT2D eigenvalue weighted by molar-refractivity contribution is 4.82. The Labute approximate surface area is 80.5 Å². The van der Waals surface area contributed by atoms with Crippen LogP contribution < -0.4 is 5.32 Å². The largest absolute Gasteiger partial charge is 0.392 e. The van der Waals surface area contributed by atoms with E-state index in [1.807, 2.05) is 0 Å². The Morgan fingerprint density at radius 1 is 1.38 bits per heavy atom. The van der Waals surface area contributed by atoms with Gasteiger partial charge in [-0.05, 0) is 38.6 Å². The van der Waals surface area contributed by atoms with Crippen molar-refractivity contribution >= 4 is 0 Å². The average molecular weight is 187 g/mol. The quantitative estimate of drug-likeness (QED) is 0.607. The molecule has 1 aliphatic carbocycles. The summed E-state index contributed by atoms with van der Waals surface area (Å²) in [4.78, 5) is 0. The van der Waals surface area contributed by atoms with Crippen molar-refractivity contribution in [3.05, 3.63) is 0 Å². The molecule has 2 atom stereocenters. The van der Waals surface area contributed by atoms with Crippen LogP contribution in [0.15, 0.2) is 0 Å². The topological polar surface area (TPSA) is 41.5 Å². The normalized spacial score (nSPS) is 28.2. The van der Waals surface area contributed by atoms with E-state index < -0.39 is 0 Å². The molecule has 0 bridgehead atoms. The summed E-state index contributed by atoms with van der Waals surface area (Å²) < 4.78 is 4.96. The van der Waals surface area contributed by atoms with Crippen molar-refractivity contribution in [2.45, 2.75) is 44.2 Å². The van der Waals surface area contributed by atoms with Crippen LogP contribution in [0.3, 0.4) is 0 Å². The van der Waals surface area contributed by atoms with Gasteiger partial charge in [-0.1, -0.05) is 0 Å². The highest BCUT2D eigenvalue weighted by atomic mass is 16.5. The van der Waals surface area contributed by atoms with Gasteiger partial charge in [-0.25, -0.2) is 0 Å². The first-order valence-electron chi connectivity index (χ1n) is 5.25. The summed E-state index contributed by atoms with van der Waals surface area (Å²) in [6.07, 6.45) is 5.39. The van der Waals surface area contributed by atoms with E-state index in [1.54, 1.807) is 7.11 Å². The van der Waals surface area contributed by atoms with Crippen LogP contribution in [-0.4, -0.2) is 37.5 Å². The molecule has 0 spiro atoms. The van der Waals surface area contributed by atoms with Gasteiger partial charge in [0.15, 0.2) is 0 Å².